The SMILES string of the molecule is COC(=O)[C@@H]1CC[C@@H](c2ccccc2)N1C(=O)N(C)C. The highest BCUT2D eigenvalue weighted by molar-refractivity contribution is 5.84. The van der Waals surface area contributed by atoms with Crippen LogP contribution in [0, 0.1) is 0 Å². The van der Waals surface area contributed by atoms with Crippen molar-refractivity contribution in [2.24, 2.45) is 0 Å². The Hall–Kier alpha value is -2.04. The Balaban J connectivity index is 2.33. The highest BCUT2D eigenvalue weighted by Gasteiger charge is 2.42. The number of benzene rings is 1. The van der Waals surface area contributed by atoms with Crippen LogP contribution >= 0.6 is 0 Å². The van der Waals surface area contributed by atoms with E-state index >= 15 is 0 Å². The second kappa shape index (κ2) is 5.94. The summed E-state index contributed by atoms with van der Waals surface area (Å²) in [4.78, 5) is 27.4. The van der Waals surface area contributed by atoms with E-state index in [0.717, 1.165) is 12.0 Å². The quantitative estimate of drug-likeness (QED) is 0.777. The number of ether oxygens (including phenoxy) is 1. The number of urea groups is 1. The molecule has 2 rings (SSSR count). The molecule has 2 atom stereocenters. The van der Waals surface area contributed by atoms with Gasteiger partial charge in [-0.2, -0.15) is 0 Å². The number of likely N-dealkylation sites (tertiary alicyclic amines) is 1. The molecule has 1 saturated heterocycles. The van der Waals surface area contributed by atoms with Gasteiger partial charge in [-0.15, -0.1) is 0 Å². The minimum absolute atomic E-state index is 0.0739. The standard InChI is InChI=1S/C15H20N2O3/c1-16(2)15(19)17-12(11-7-5-4-6-8-11)9-10-13(17)14(18)20-3/h4-8,12-13H,9-10H2,1-3H3/t12-,13-/m0/s1. The smallest absolute Gasteiger partial charge is 0.328 e. The zero-order valence-corrected chi connectivity index (χ0v) is 12.1. The summed E-state index contributed by atoms with van der Waals surface area (Å²) in [6.07, 6.45) is 1.40. The molecule has 0 unspecified atom stereocenters. The Morgan fingerprint density at radius 1 is 1.20 bits per heavy atom. The van der Waals surface area contributed by atoms with Crippen LogP contribution in [0.3, 0.4) is 0 Å². The molecule has 0 saturated carbocycles. The monoisotopic (exact) mass is 276 g/mol. The van der Waals surface area contributed by atoms with Gasteiger partial charge in [0.25, 0.3) is 0 Å². The molecule has 0 aromatic heterocycles. The molecule has 0 aliphatic carbocycles. The lowest BCUT2D eigenvalue weighted by molar-refractivity contribution is -0.145. The van der Waals surface area contributed by atoms with E-state index in [4.69, 9.17) is 4.74 Å². The summed E-state index contributed by atoms with van der Waals surface area (Å²) in [6.45, 7) is 0. The summed E-state index contributed by atoms with van der Waals surface area (Å²) in [5, 5.41) is 0. The number of nitrogens with zero attached hydrogens (tertiary/aromatic N) is 2. The van der Waals surface area contributed by atoms with Gasteiger partial charge in [0.2, 0.25) is 0 Å². The van der Waals surface area contributed by atoms with E-state index in [2.05, 4.69) is 0 Å². The van der Waals surface area contributed by atoms with Crippen LogP contribution in [0.4, 0.5) is 4.79 Å². The second-order valence-corrected chi connectivity index (χ2v) is 5.13. The molecule has 1 fully saturated rings. The third-order valence-electron chi connectivity index (χ3n) is 3.65. The molecule has 20 heavy (non-hydrogen) atoms. The molecule has 5 nitrogen and oxygen atoms in total. The van der Waals surface area contributed by atoms with Gasteiger partial charge in [-0.3, -0.25) is 0 Å². The third-order valence-corrected chi connectivity index (χ3v) is 3.65. The van der Waals surface area contributed by atoms with Crippen LogP contribution in [0.1, 0.15) is 24.4 Å². The van der Waals surface area contributed by atoms with Crippen molar-refractivity contribution in [2.45, 2.75) is 24.9 Å². The fourth-order valence-corrected chi connectivity index (χ4v) is 2.68. The van der Waals surface area contributed by atoms with E-state index in [1.807, 2.05) is 30.3 Å². The number of rotatable bonds is 2. The lowest BCUT2D eigenvalue weighted by Gasteiger charge is -2.31. The van der Waals surface area contributed by atoms with E-state index in [9.17, 15) is 9.59 Å². The average molecular weight is 276 g/mol. The molecule has 0 N–H and O–H groups in total. The van der Waals surface area contributed by atoms with Crippen molar-refractivity contribution < 1.29 is 14.3 Å². The predicted octanol–water partition coefficient (Wildman–Crippen LogP) is 2.05. The highest BCUT2D eigenvalue weighted by Crippen LogP contribution is 2.37. The Morgan fingerprint density at radius 2 is 1.85 bits per heavy atom. The molecule has 1 aliphatic heterocycles. The average Bonchev–Trinajstić information content (AvgIpc) is 2.91. The van der Waals surface area contributed by atoms with E-state index in [0.29, 0.717) is 6.42 Å². The minimum Gasteiger partial charge on any atom is -0.467 e. The molecule has 0 spiro atoms. The fraction of sp³-hybridized carbons (Fsp3) is 0.467. The largest absolute Gasteiger partial charge is 0.467 e. The molecule has 2 amide bonds. The number of carbonyl (C=O) groups is 2. The Morgan fingerprint density at radius 3 is 2.40 bits per heavy atom. The van der Waals surface area contributed by atoms with E-state index in [-0.39, 0.29) is 18.0 Å². The third kappa shape index (κ3) is 2.61. The second-order valence-electron chi connectivity index (χ2n) is 5.13. The zero-order chi connectivity index (χ0) is 14.7. The summed E-state index contributed by atoms with van der Waals surface area (Å²) in [6, 6.07) is 9.06. The van der Waals surface area contributed by atoms with Gasteiger partial charge >= 0.3 is 12.0 Å². The van der Waals surface area contributed by atoms with Crippen LogP contribution in [0.15, 0.2) is 30.3 Å². The highest BCUT2D eigenvalue weighted by atomic mass is 16.5. The number of esters is 1. The summed E-state index contributed by atoms with van der Waals surface area (Å²) in [7, 11) is 4.74. The van der Waals surface area contributed by atoms with Crippen LogP contribution in [0.5, 0.6) is 0 Å². The van der Waals surface area contributed by atoms with Crippen LogP contribution in [0.25, 0.3) is 0 Å². The Labute approximate surface area is 119 Å². The maximum atomic E-state index is 12.4. The van der Waals surface area contributed by atoms with Gasteiger partial charge < -0.3 is 14.5 Å². The van der Waals surface area contributed by atoms with Crippen molar-refractivity contribution >= 4 is 12.0 Å². The van der Waals surface area contributed by atoms with Crippen molar-refractivity contribution in [2.75, 3.05) is 21.2 Å². The molecule has 0 radical (unpaired) electrons. The lowest BCUT2D eigenvalue weighted by atomic mass is 10.1. The van der Waals surface area contributed by atoms with E-state index in [1.165, 1.54) is 12.0 Å². The maximum Gasteiger partial charge on any atom is 0.328 e. The number of hydrogen-bond acceptors (Lipinski definition) is 3. The van der Waals surface area contributed by atoms with Crippen molar-refractivity contribution in [3.63, 3.8) is 0 Å². The molecule has 1 aromatic carbocycles. The molecule has 1 aromatic rings. The number of hydrogen-bond donors (Lipinski definition) is 0. The first-order valence-corrected chi connectivity index (χ1v) is 6.68. The van der Waals surface area contributed by atoms with Gasteiger partial charge in [-0.25, -0.2) is 9.59 Å². The minimum atomic E-state index is -0.500. The topological polar surface area (TPSA) is 49.9 Å². The first kappa shape index (κ1) is 14.4. The van der Waals surface area contributed by atoms with Crippen molar-refractivity contribution in [1.29, 1.82) is 0 Å². The first-order valence-electron chi connectivity index (χ1n) is 6.68. The molecule has 1 aliphatic rings. The van der Waals surface area contributed by atoms with Gasteiger partial charge in [-0.1, -0.05) is 30.3 Å². The number of amides is 2. The van der Waals surface area contributed by atoms with Gasteiger partial charge in [0.15, 0.2) is 0 Å². The van der Waals surface area contributed by atoms with Gasteiger partial charge in [0.1, 0.15) is 6.04 Å². The molecule has 1 heterocycles. The van der Waals surface area contributed by atoms with Crippen LogP contribution < -0.4 is 0 Å². The van der Waals surface area contributed by atoms with Crippen LogP contribution in [0.2, 0.25) is 0 Å². The van der Waals surface area contributed by atoms with E-state index in [1.54, 1.807) is 19.0 Å². The van der Waals surface area contributed by atoms with Crippen molar-refractivity contribution in [3.8, 4) is 0 Å². The van der Waals surface area contributed by atoms with Crippen molar-refractivity contribution in [1.82, 2.24) is 9.80 Å². The Bertz CT molecular complexity index is 487. The summed E-state index contributed by atoms with van der Waals surface area (Å²) < 4.78 is 4.83. The maximum absolute atomic E-state index is 12.4. The fourth-order valence-electron chi connectivity index (χ4n) is 2.68. The van der Waals surface area contributed by atoms with Gasteiger partial charge in [0, 0.05) is 14.1 Å². The summed E-state index contributed by atoms with van der Waals surface area (Å²) in [5.41, 5.74) is 1.05. The van der Waals surface area contributed by atoms with E-state index < -0.39 is 6.04 Å². The summed E-state index contributed by atoms with van der Waals surface area (Å²) >= 11 is 0. The molecule has 108 valence electrons. The molecule has 0 bridgehead atoms. The normalized spacial score (nSPS) is 21.6. The van der Waals surface area contributed by atoms with Gasteiger partial charge in [-0.05, 0) is 18.4 Å². The zero-order valence-electron chi connectivity index (χ0n) is 12.1. The molecule has 5 heteroatoms. The Kier molecular flexibility index (Phi) is 4.27. The van der Waals surface area contributed by atoms with Crippen LogP contribution in [-0.2, 0) is 9.53 Å². The predicted molar refractivity (Wildman–Crippen MR) is 75.1 cm³/mol. The molecular formula is C15H20N2O3. The van der Waals surface area contributed by atoms with Crippen LogP contribution in [-0.4, -0.2) is 49.0 Å². The lowest BCUT2D eigenvalue weighted by Crippen LogP contribution is -2.46. The number of methoxy groups -OCH3 is 1. The molecular weight excluding hydrogens is 256 g/mol. The first-order chi connectivity index (χ1) is 9.56. The number of carbonyl (C=O) groups excluding carboxylic acids is 2. The summed E-state index contributed by atoms with van der Waals surface area (Å²) in [5.74, 6) is -0.348. The van der Waals surface area contributed by atoms with Gasteiger partial charge in [0.05, 0.1) is 13.2 Å². The van der Waals surface area contributed by atoms with Crippen molar-refractivity contribution in [3.05, 3.63) is 35.9 Å².